The van der Waals surface area contributed by atoms with Gasteiger partial charge in [0.1, 0.15) is 0 Å². The van der Waals surface area contributed by atoms with Gasteiger partial charge in [0, 0.05) is 11.7 Å². The largest absolute Gasteiger partial charge is 0.399 e. The van der Waals surface area contributed by atoms with Crippen LogP contribution in [0.5, 0.6) is 0 Å². The van der Waals surface area contributed by atoms with Gasteiger partial charge in [0.05, 0.1) is 5.70 Å². The first-order chi connectivity index (χ1) is 4.63. The molecule has 0 aliphatic heterocycles. The van der Waals surface area contributed by atoms with Gasteiger partial charge in [-0.15, -0.1) is 0 Å². The molecule has 3 heteroatoms. The Balaban J connectivity index is 2.92. The van der Waals surface area contributed by atoms with Crippen molar-refractivity contribution in [3.8, 4) is 0 Å². The summed E-state index contributed by atoms with van der Waals surface area (Å²) in [6, 6.07) is -0.0644. The third-order valence-electron chi connectivity index (χ3n) is 1.85. The normalized spacial score (nSPS) is 27.3. The van der Waals surface area contributed by atoms with E-state index in [0.29, 0.717) is 11.4 Å². The molecule has 0 heterocycles. The van der Waals surface area contributed by atoms with Crippen LogP contribution in [0.3, 0.4) is 0 Å². The Morgan fingerprint density at radius 1 is 1.40 bits per heavy atom. The Morgan fingerprint density at radius 3 is 2.50 bits per heavy atom. The zero-order chi connectivity index (χ0) is 7.72. The minimum atomic E-state index is -0.0644. The quantitative estimate of drug-likeness (QED) is 0.434. The summed E-state index contributed by atoms with van der Waals surface area (Å²) in [7, 11) is 0. The van der Waals surface area contributed by atoms with Crippen molar-refractivity contribution < 1.29 is 0 Å². The second kappa shape index (κ2) is 2.34. The van der Waals surface area contributed by atoms with Crippen LogP contribution in [-0.2, 0) is 0 Å². The first kappa shape index (κ1) is 7.15. The van der Waals surface area contributed by atoms with Gasteiger partial charge in [0.15, 0.2) is 0 Å². The summed E-state index contributed by atoms with van der Waals surface area (Å²) in [5.41, 5.74) is 18.9. The molecule has 0 radical (unpaired) electrons. The van der Waals surface area contributed by atoms with Crippen molar-refractivity contribution in [1.29, 1.82) is 0 Å². The third kappa shape index (κ3) is 0.998. The predicted octanol–water partition coefficient (Wildman–Crippen LogP) is -0.207. The van der Waals surface area contributed by atoms with Gasteiger partial charge in [-0.1, -0.05) is 6.58 Å². The van der Waals surface area contributed by atoms with E-state index in [2.05, 4.69) is 6.58 Å². The van der Waals surface area contributed by atoms with Crippen LogP contribution in [0.15, 0.2) is 23.5 Å². The van der Waals surface area contributed by atoms with E-state index >= 15 is 0 Å². The number of rotatable bonds is 0. The highest BCUT2D eigenvalue weighted by atomic mass is 14.8. The van der Waals surface area contributed by atoms with Gasteiger partial charge in [0.25, 0.3) is 0 Å². The fourth-order valence-electron chi connectivity index (χ4n) is 1.02. The molecule has 1 atom stereocenters. The van der Waals surface area contributed by atoms with Gasteiger partial charge in [-0.05, 0) is 18.4 Å². The molecule has 1 rings (SSSR count). The first-order valence-electron chi connectivity index (χ1n) is 3.31. The number of nitrogens with two attached hydrogens (primary N) is 3. The van der Waals surface area contributed by atoms with Crippen molar-refractivity contribution in [3.63, 3.8) is 0 Å². The van der Waals surface area contributed by atoms with Gasteiger partial charge < -0.3 is 17.2 Å². The van der Waals surface area contributed by atoms with Crippen LogP contribution in [0, 0.1) is 0 Å². The van der Waals surface area contributed by atoms with Crippen LogP contribution in [0.1, 0.15) is 12.8 Å². The fourth-order valence-corrected chi connectivity index (χ4v) is 1.02. The van der Waals surface area contributed by atoms with E-state index in [0.717, 1.165) is 18.4 Å². The third-order valence-corrected chi connectivity index (χ3v) is 1.85. The summed E-state index contributed by atoms with van der Waals surface area (Å²) < 4.78 is 0. The summed E-state index contributed by atoms with van der Waals surface area (Å²) in [6.07, 6.45) is 1.74. The highest BCUT2D eigenvalue weighted by Crippen LogP contribution is 2.20. The molecule has 0 bridgehead atoms. The molecule has 1 aliphatic carbocycles. The van der Waals surface area contributed by atoms with Crippen molar-refractivity contribution in [2.45, 2.75) is 18.9 Å². The van der Waals surface area contributed by atoms with Gasteiger partial charge in [-0.2, -0.15) is 0 Å². The van der Waals surface area contributed by atoms with Crippen molar-refractivity contribution in [2.24, 2.45) is 17.2 Å². The van der Waals surface area contributed by atoms with Crippen LogP contribution in [0.2, 0.25) is 0 Å². The average Bonchev–Trinajstić information content (AvgIpc) is 1.93. The van der Waals surface area contributed by atoms with Crippen molar-refractivity contribution in [2.75, 3.05) is 0 Å². The van der Waals surface area contributed by atoms with Crippen LogP contribution in [0.25, 0.3) is 0 Å². The highest BCUT2D eigenvalue weighted by Gasteiger charge is 2.17. The lowest BCUT2D eigenvalue weighted by molar-refractivity contribution is 0.645. The molecule has 0 fully saturated rings. The molecule has 0 amide bonds. The molecular weight excluding hydrogens is 126 g/mol. The Hall–Kier alpha value is -0.960. The maximum Gasteiger partial charge on any atom is 0.0547 e. The smallest absolute Gasteiger partial charge is 0.0547 e. The molecule has 10 heavy (non-hydrogen) atoms. The molecule has 0 spiro atoms. The van der Waals surface area contributed by atoms with Gasteiger partial charge >= 0.3 is 0 Å². The molecule has 1 unspecified atom stereocenters. The van der Waals surface area contributed by atoms with E-state index in [-0.39, 0.29) is 6.04 Å². The molecule has 0 aromatic heterocycles. The van der Waals surface area contributed by atoms with E-state index in [4.69, 9.17) is 17.2 Å². The molecular formula is C7H13N3. The molecule has 0 saturated carbocycles. The lowest BCUT2D eigenvalue weighted by Crippen LogP contribution is -2.34. The van der Waals surface area contributed by atoms with Gasteiger partial charge in [-0.25, -0.2) is 0 Å². The molecule has 1 aliphatic rings. The Labute approximate surface area is 60.6 Å². The number of hydrogen-bond donors (Lipinski definition) is 3. The minimum Gasteiger partial charge on any atom is -0.399 e. The molecule has 0 aromatic rings. The van der Waals surface area contributed by atoms with E-state index in [1.54, 1.807) is 0 Å². The Bertz CT molecular complexity index is 193. The standard InChI is InChI=1S/C7H13N3/c1-4-2-3-5(8)7(10)6(4)9/h5H,1-3,8-10H2. The van der Waals surface area contributed by atoms with Crippen LogP contribution in [-0.4, -0.2) is 6.04 Å². The molecule has 0 aromatic carbocycles. The molecule has 6 N–H and O–H groups in total. The molecule has 3 nitrogen and oxygen atoms in total. The molecule has 56 valence electrons. The van der Waals surface area contributed by atoms with E-state index in [1.165, 1.54) is 0 Å². The van der Waals surface area contributed by atoms with Crippen LogP contribution in [0.4, 0.5) is 0 Å². The van der Waals surface area contributed by atoms with E-state index in [9.17, 15) is 0 Å². The number of allylic oxidation sites excluding steroid dienone is 1. The molecule has 0 saturated heterocycles. The lowest BCUT2D eigenvalue weighted by atomic mass is 9.94. The average molecular weight is 139 g/mol. The van der Waals surface area contributed by atoms with E-state index in [1.807, 2.05) is 0 Å². The zero-order valence-electron chi connectivity index (χ0n) is 5.93. The topological polar surface area (TPSA) is 78.1 Å². The van der Waals surface area contributed by atoms with Crippen molar-refractivity contribution in [1.82, 2.24) is 0 Å². The SMILES string of the molecule is C=C1CCC(N)C(N)=C1N. The monoisotopic (exact) mass is 139 g/mol. The maximum absolute atomic E-state index is 5.63. The van der Waals surface area contributed by atoms with Crippen molar-refractivity contribution in [3.05, 3.63) is 23.5 Å². The number of hydrogen-bond acceptors (Lipinski definition) is 3. The van der Waals surface area contributed by atoms with Crippen LogP contribution >= 0.6 is 0 Å². The van der Waals surface area contributed by atoms with Gasteiger partial charge in [0.2, 0.25) is 0 Å². The Kier molecular flexibility index (Phi) is 1.68. The van der Waals surface area contributed by atoms with Crippen LogP contribution < -0.4 is 17.2 Å². The van der Waals surface area contributed by atoms with E-state index < -0.39 is 0 Å². The summed E-state index contributed by atoms with van der Waals surface area (Å²) in [5.74, 6) is 0. The summed E-state index contributed by atoms with van der Waals surface area (Å²) >= 11 is 0. The maximum atomic E-state index is 5.63. The highest BCUT2D eigenvalue weighted by molar-refractivity contribution is 5.34. The Morgan fingerprint density at radius 2 is 2.00 bits per heavy atom. The van der Waals surface area contributed by atoms with Gasteiger partial charge in [-0.3, -0.25) is 0 Å². The second-order valence-corrected chi connectivity index (χ2v) is 2.62. The minimum absolute atomic E-state index is 0.0644. The second-order valence-electron chi connectivity index (χ2n) is 2.62. The summed E-state index contributed by atoms with van der Waals surface area (Å²) in [6.45, 7) is 3.76. The van der Waals surface area contributed by atoms with Crippen molar-refractivity contribution >= 4 is 0 Å². The fraction of sp³-hybridized carbons (Fsp3) is 0.429. The summed E-state index contributed by atoms with van der Waals surface area (Å²) in [4.78, 5) is 0. The predicted molar refractivity (Wildman–Crippen MR) is 41.8 cm³/mol. The zero-order valence-corrected chi connectivity index (χ0v) is 5.93. The lowest BCUT2D eigenvalue weighted by Gasteiger charge is -2.21. The first-order valence-corrected chi connectivity index (χ1v) is 3.31. The summed E-state index contributed by atoms with van der Waals surface area (Å²) in [5, 5.41) is 0.